The molecule has 0 spiro atoms. The Morgan fingerprint density at radius 3 is 2.43 bits per heavy atom. The number of benzene rings is 2. The molecular weight excluding hydrogens is 324 g/mol. The molecule has 3 rings (SSSR count). The van der Waals surface area contributed by atoms with Crippen LogP contribution in [0.5, 0.6) is 0 Å². The first-order valence-corrected chi connectivity index (χ1v) is 8.21. The summed E-state index contributed by atoms with van der Waals surface area (Å²) in [4.78, 5) is 3.87. The Morgan fingerprint density at radius 2 is 1.78 bits per heavy atom. The molecule has 0 amide bonds. The maximum atomic E-state index is 13.2. The van der Waals surface area contributed by atoms with Crippen molar-refractivity contribution in [3.05, 3.63) is 59.9 Å². The molecule has 8 heteroatoms. The van der Waals surface area contributed by atoms with Gasteiger partial charge in [-0.25, -0.2) is 26.9 Å². The molecular formula is C15H13F2N3O2S. The summed E-state index contributed by atoms with van der Waals surface area (Å²) < 4.78 is 54.7. The predicted molar refractivity (Wildman–Crippen MR) is 81.1 cm³/mol. The van der Waals surface area contributed by atoms with Gasteiger partial charge in [0.2, 0.25) is 10.0 Å². The molecule has 0 radical (unpaired) electrons. The molecule has 2 aromatic carbocycles. The summed E-state index contributed by atoms with van der Waals surface area (Å²) in [5, 5.41) is 0. The van der Waals surface area contributed by atoms with Crippen LogP contribution in [0.4, 0.5) is 8.78 Å². The zero-order chi connectivity index (χ0) is 16.6. The van der Waals surface area contributed by atoms with Crippen molar-refractivity contribution in [2.45, 2.75) is 11.4 Å². The van der Waals surface area contributed by atoms with Crippen LogP contribution >= 0.6 is 0 Å². The Balaban J connectivity index is 1.87. The van der Waals surface area contributed by atoms with Gasteiger partial charge < -0.3 is 4.57 Å². The van der Waals surface area contributed by atoms with E-state index < -0.39 is 26.6 Å². The Bertz CT molecular complexity index is 963. The molecule has 0 atom stereocenters. The molecule has 1 aromatic heterocycles. The average molecular weight is 337 g/mol. The number of fused-ring (bicyclic) bond motifs is 1. The van der Waals surface area contributed by atoms with E-state index in [2.05, 4.69) is 9.71 Å². The van der Waals surface area contributed by atoms with Crippen molar-refractivity contribution < 1.29 is 17.2 Å². The van der Waals surface area contributed by atoms with Crippen molar-refractivity contribution in [1.29, 1.82) is 0 Å². The van der Waals surface area contributed by atoms with Crippen molar-refractivity contribution in [2.75, 3.05) is 0 Å². The minimum atomic E-state index is -4.04. The monoisotopic (exact) mass is 337 g/mol. The molecule has 1 N–H and O–H groups in total. The minimum Gasteiger partial charge on any atom is -0.330 e. The molecule has 0 unspecified atom stereocenters. The van der Waals surface area contributed by atoms with Crippen LogP contribution in [0.3, 0.4) is 0 Å². The Labute approximate surface area is 131 Å². The standard InChI is InChI=1S/C15H13F2N3O2S/c1-20-14-5-3-2-4-13(14)19-15(20)9-18-23(21,22)12-7-10(16)6-11(17)8-12/h2-8,18H,9H2,1H3. The van der Waals surface area contributed by atoms with Gasteiger partial charge in [-0.3, -0.25) is 0 Å². The fourth-order valence-corrected chi connectivity index (χ4v) is 3.30. The highest BCUT2D eigenvalue weighted by atomic mass is 32.2. The molecule has 5 nitrogen and oxygen atoms in total. The quantitative estimate of drug-likeness (QED) is 0.795. The lowest BCUT2D eigenvalue weighted by Crippen LogP contribution is -2.25. The van der Waals surface area contributed by atoms with Crippen molar-refractivity contribution in [3.8, 4) is 0 Å². The van der Waals surface area contributed by atoms with Crippen molar-refractivity contribution in [3.63, 3.8) is 0 Å². The van der Waals surface area contributed by atoms with Gasteiger partial charge in [-0.1, -0.05) is 12.1 Å². The van der Waals surface area contributed by atoms with Gasteiger partial charge in [-0.05, 0) is 24.3 Å². The van der Waals surface area contributed by atoms with E-state index in [4.69, 9.17) is 0 Å². The number of imidazole rings is 1. The number of para-hydroxylation sites is 2. The van der Waals surface area contributed by atoms with E-state index in [1.807, 2.05) is 24.3 Å². The van der Waals surface area contributed by atoms with Crippen molar-refractivity contribution >= 4 is 21.1 Å². The van der Waals surface area contributed by atoms with E-state index in [1.54, 1.807) is 11.6 Å². The second-order valence-electron chi connectivity index (χ2n) is 5.01. The summed E-state index contributed by atoms with van der Waals surface area (Å²) in [6.45, 7) is -0.0916. The third-order valence-corrected chi connectivity index (χ3v) is 4.83. The van der Waals surface area contributed by atoms with Gasteiger partial charge in [0.1, 0.15) is 17.5 Å². The zero-order valence-corrected chi connectivity index (χ0v) is 12.9. The maximum absolute atomic E-state index is 13.2. The second kappa shape index (κ2) is 5.71. The Hall–Kier alpha value is -2.32. The highest BCUT2D eigenvalue weighted by molar-refractivity contribution is 7.89. The van der Waals surface area contributed by atoms with Crippen LogP contribution in [0.25, 0.3) is 11.0 Å². The summed E-state index contributed by atoms with van der Waals surface area (Å²) in [5.41, 5.74) is 1.60. The van der Waals surface area contributed by atoms with Gasteiger partial charge in [0, 0.05) is 13.1 Å². The average Bonchev–Trinajstić information content (AvgIpc) is 2.81. The van der Waals surface area contributed by atoms with E-state index in [9.17, 15) is 17.2 Å². The van der Waals surface area contributed by atoms with E-state index in [0.717, 1.165) is 23.2 Å². The smallest absolute Gasteiger partial charge is 0.241 e. The van der Waals surface area contributed by atoms with Crippen LogP contribution in [-0.4, -0.2) is 18.0 Å². The second-order valence-corrected chi connectivity index (χ2v) is 6.77. The molecule has 0 fully saturated rings. The molecule has 3 aromatic rings. The van der Waals surface area contributed by atoms with Crippen LogP contribution in [-0.2, 0) is 23.6 Å². The largest absolute Gasteiger partial charge is 0.330 e. The zero-order valence-electron chi connectivity index (χ0n) is 12.1. The summed E-state index contributed by atoms with van der Waals surface area (Å²) >= 11 is 0. The van der Waals surface area contributed by atoms with Crippen LogP contribution < -0.4 is 4.72 Å². The van der Waals surface area contributed by atoms with Gasteiger partial charge in [-0.2, -0.15) is 0 Å². The molecule has 0 bridgehead atoms. The molecule has 0 aliphatic rings. The normalized spacial score (nSPS) is 12.0. The van der Waals surface area contributed by atoms with Gasteiger partial charge in [0.25, 0.3) is 0 Å². The number of nitrogens with zero attached hydrogens (tertiary/aromatic N) is 2. The lowest BCUT2D eigenvalue weighted by atomic mass is 10.3. The molecule has 0 saturated carbocycles. The van der Waals surface area contributed by atoms with Crippen molar-refractivity contribution in [2.24, 2.45) is 7.05 Å². The molecule has 0 saturated heterocycles. The van der Waals surface area contributed by atoms with Crippen LogP contribution in [0.2, 0.25) is 0 Å². The van der Waals surface area contributed by atoms with Crippen LogP contribution in [0.15, 0.2) is 47.4 Å². The highest BCUT2D eigenvalue weighted by Gasteiger charge is 2.18. The fraction of sp³-hybridized carbons (Fsp3) is 0.133. The third kappa shape index (κ3) is 3.08. The van der Waals surface area contributed by atoms with Crippen LogP contribution in [0, 0.1) is 11.6 Å². The summed E-state index contributed by atoms with van der Waals surface area (Å²) in [6, 6.07) is 9.51. The lowest BCUT2D eigenvalue weighted by Gasteiger charge is -2.07. The predicted octanol–water partition coefficient (Wildman–Crippen LogP) is 2.33. The summed E-state index contributed by atoms with van der Waals surface area (Å²) in [7, 11) is -2.28. The van der Waals surface area contributed by atoms with Crippen molar-refractivity contribution in [1.82, 2.24) is 14.3 Å². The van der Waals surface area contributed by atoms with E-state index in [0.29, 0.717) is 11.9 Å². The van der Waals surface area contributed by atoms with Crippen LogP contribution in [0.1, 0.15) is 5.82 Å². The number of hydrogen-bond donors (Lipinski definition) is 1. The first kappa shape index (κ1) is 15.6. The van der Waals surface area contributed by atoms with Gasteiger partial charge >= 0.3 is 0 Å². The first-order chi connectivity index (χ1) is 10.9. The van der Waals surface area contributed by atoms with E-state index in [-0.39, 0.29) is 6.54 Å². The minimum absolute atomic E-state index is 0.0916. The van der Waals surface area contributed by atoms with E-state index in [1.165, 1.54) is 0 Å². The Morgan fingerprint density at radius 1 is 1.13 bits per heavy atom. The molecule has 1 heterocycles. The van der Waals surface area contributed by atoms with Gasteiger partial charge in [-0.15, -0.1) is 0 Å². The number of aromatic nitrogens is 2. The fourth-order valence-electron chi connectivity index (χ4n) is 2.28. The van der Waals surface area contributed by atoms with Gasteiger partial charge in [0.05, 0.1) is 22.5 Å². The molecule has 23 heavy (non-hydrogen) atoms. The number of hydrogen-bond acceptors (Lipinski definition) is 3. The summed E-state index contributed by atoms with van der Waals surface area (Å²) in [6.07, 6.45) is 0. The number of sulfonamides is 1. The number of halogens is 2. The van der Waals surface area contributed by atoms with Gasteiger partial charge in [0.15, 0.2) is 0 Å². The van der Waals surface area contributed by atoms with E-state index >= 15 is 0 Å². The molecule has 0 aliphatic carbocycles. The third-order valence-electron chi connectivity index (χ3n) is 3.45. The number of nitrogens with one attached hydrogen (secondary N) is 1. The number of aryl methyl sites for hydroxylation is 1. The molecule has 120 valence electrons. The maximum Gasteiger partial charge on any atom is 0.241 e. The highest BCUT2D eigenvalue weighted by Crippen LogP contribution is 2.16. The first-order valence-electron chi connectivity index (χ1n) is 6.73. The topological polar surface area (TPSA) is 64.0 Å². The molecule has 0 aliphatic heterocycles. The Kier molecular flexibility index (Phi) is 3.87. The summed E-state index contributed by atoms with van der Waals surface area (Å²) in [5.74, 6) is -1.41. The SMILES string of the molecule is Cn1c(CNS(=O)(=O)c2cc(F)cc(F)c2)nc2ccccc21. The number of rotatable bonds is 4. The lowest BCUT2D eigenvalue weighted by molar-refractivity contribution is 0.559.